The number of benzene rings is 1. The summed E-state index contributed by atoms with van der Waals surface area (Å²) in [4.78, 5) is 4.97. The van der Waals surface area contributed by atoms with Crippen molar-refractivity contribution in [2.45, 2.75) is 45.2 Å². The van der Waals surface area contributed by atoms with Gasteiger partial charge in [0.15, 0.2) is 0 Å². The number of rotatable bonds is 3. The first-order valence-corrected chi connectivity index (χ1v) is 8.48. The maximum atomic E-state index is 6.22. The smallest absolute Gasteiger partial charge is 0.0396 e. The van der Waals surface area contributed by atoms with Crippen molar-refractivity contribution in [1.82, 2.24) is 4.90 Å². The molecule has 3 nitrogen and oxygen atoms in total. The lowest BCUT2D eigenvalue weighted by Crippen LogP contribution is -2.46. The zero-order valence-electron chi connectivity index (χ0n) is 13.5. The molecule has 1 saturated heterocycles. The van der Waals surface area contributed by atoms with Crippen LogP contribution in [0.15, 0.2) is 18.2 Å². The first-order valence-electron chi connectivity index (χ1n) is 8.48. The van der Waals surface area contributed by atoms with Crippen LogP contribution in [0, 0.1) is 5.92 Å². The number of hydrogen-bond acceptors (Lipinski definition) is 3. The van der Waals surface area contributed by atoms with E-state index in [1.807, 2.05) is 0 Å². The lowest BCUT2D eigenvalue weighted by Gasteiger charge is -2.36. The van der Waals surface area contributed by atoms with Gasteiger partial charge in [0.1, 0.15) is 0 Å². The molecule has 0 radical (unpaired) electrons. The molecule has 0 bridgehead atoms. The highest BCUT2D eigenvalue weighted by atomic mass is 15.1. The molecule has 1 aromatic carbocycles. The maximum Gasteiger partial charge on any atom is 0.0396 e. The molecule has 2 aliphatic heterocycles. The van der Waals surface area contributed by atoms with Crippen LogP contribution < -0.4 is 10.6 Å². The van der Waals surface area contributed by atoms with Gasteiger partial charge < -0.3 is 10.6 Å². The van der Waals surface area contributed by atoms with Crippen molar-refractivity contribution in [3.63, 3.8) is 0 Å². The second-order valence-corrected chi connectivity index (χ2v) is 6.84. The van der Waals surface area contributed by atoms with Gasteiger partial charge in [-0.1, -0.05) is 25.5 Å². The van der Waals surface area contributed by atoms with Gasteiger partial charge in [-0.25, -0.2) is 0 Å². The Kier molecular flexibility index (Phi) is 4.51. The lowest BCUT2D eigenvalue weighted by atomic mass is 9.90. The molecular weight excluding hydrogens is 258 g/mol. The summed E-state index contributed by atoms with van der Waals surface area (Å²) in [6, 6.07) is 7.47. The van der Waals surface area contributed by atoms with Crippen LogP contribution in [0.5, 0.6) is 0 Å². The van der Waals surface area contributed by atoms with Crippen LogP contribution in [-0.2, 0) is 13.0 Å². The van der Waals surface area contributed by atoms with Crippen LogP contribution >= 0.6 is 0 Å². The number of nitrogens with zero attached hydrogens (tertiary/aromatic N) is 2. The number of hydrogen-bond donors (Lipinski definition) is 1. The van der Waals surface area contributed by atoms with Gasteiger partial charge in [-0.15, -0.1) is 0 Å². The lowest BCUT2D eigenvalue weighted by molar-refractivity contribution is 0.145. The highest BCUT2D eigenvalue weighted by molar-refractivity contribution is 5.56. The average molecular weight is 287 g/mol. The molecule has 2 atom stereocenters. The maximum absolute atomic E-state index is 6.22. The summed E-state index contributed by atoms with van der Waals surface area (Å²) >= 11 is 0. The molecule has 0 aliphatic carbocycles. The van der Waals surface area contributed by atoms with E-state index in [1.54, 1.807) is 0 Å². The Hall–Kier alpha value is -1.06. The third-order valence-electron chi connectivity index (χ3n) is 5.30. The SMILES string of the molecule is CCC1CN(Cc2ccc3c(c2)CCCN3C)CCC1N. The monoisotopic (exact) mass is 287 g/mol. The summed E-state index contributed by atoms with van der Waals surface area (Å²) in [6.45, 7) is 6.85. The van der Waals surface area contributed by atoms with Gasteiger partial charge in [0.25, 0.3) is 0 Å². The molecule has 0 aromatic heterocycles. The third kappa shape index (κ3) is 3.24. The Morgan fingerprint density at radius 1 is 1.29 bits per heavy atom. The van der Waals surface area contributed by atoms with E-state index in [4.69, 9.17) is 5.73 Å². The van der Waals surface area contributed by atoms with Gasteiger partial charge >= 0.3 is 0 Å². The summed E-state index contributed by atoms with van der Waals surface area (Å²) < 4.78 is 0. The van der Waals surface area contributed by atoms with E-state index in [0.717, 1.165) is 26.1 Å². The van der Waals surface area contributed by atoms with E-state index in [9.17, 15) is 0 Å². The molecule has 21 heavy (non-hydrogen) atoms. The first kappa shape index (κ1) is 14.9. The third-order valence-corrected chi connectivity index (χ3v) is 5.30. The zero-order chi connectivity index (χ0) is 14.8. The highest BCUT2D eigenvalue weighted by Gasteiger charge is 2.25. The van der Waals surface area contributed by atoms with Gasteiger partial charge in [0, 0.05) is 38.4 Å². The molecule has 2 unspecified atom stereocenters. The largest absolute Gasteiger partial charge is 0.374 e. The minimum atomic E-state index is 0.406. The molecule has 2 N–H and O–H groups in total. The van der Waals surface area contributed by atoms with Crippen LogP contribution in [0.25, 0.3) is 0 Å². The molecule has 0 amide bonds. The second-order valence-electron chi connectivity index (χ2n) is 6.84. The quantitative estimate of drug-likeness (QED) is 0.927. The Labute approximate surface area is 129 Å². The Morgan fingerprint density at radius 3 is 2.95 bits per heavy atom. The van der Waals surface area contributed by atoms with E-state index in [1.165, 1.54) is 42.6 Å². The van der Waals surface area contributed by atoms with Crippen LogP contribution in [0.4, 0.5) is 5.69 Å². The van der Waals surface area contributed by atoms with Crippen molar-refractivity contribution in [1.29, 1.82) is 0 Å². The van der Waals surface area contributed by atoms with Crippen molar-refractivity contribution < 1.29 is 0 Å². The highest BCUT2D eigenvalue weighted by Crippen LogP contribution is 2.28. The standard InChI is InChI=1S/C18H29N3/c1-3-15-13-21(10-8-17(15)19)12-14-6-7-18-16(11-14)5-4-9-20(18)2/h6-7,11,15,17H,3-5,8-10,12-13,19H2,1-2H3. The summed E-state index contributed by atoms with van der Waals surface area (Å²) in [5.74, 6) is 0.669. The number of likely N-dealkylation sites (tertiary alicyclic amines) is 1. The second kappa shape index (κ2) is 6.37. The molecule has 1 fully saturated rings. The fourth-order valence-corrected chi connectivity index (χ4v) is 3.90. The summed E-state index contributed by atoms with van der Waals surface area (Å²) in [5, 5.41) is 0. The Bertz CT molecular complexity index is 485. The molecular formula is C18H29N3. The molecule has 0 spiro atoms. The minimum Gasteiger partial charge on any atom is -0.374 e. The summed E-state index contributed by atoms with van der Waals surface area (Å²) in [6.07, 6.45) is 4.86. The molecule has 3 rings (SSSR count). The molecule has 3 heteroatoms. The Morgan fingerprint density at radius 2 is 2.14 bits per heavy atom. The molecule has 2 heterocycles. The van der Waals surface area contributed by atoms with Crippen LogP contribution in [0.2, 0.25) is 0 Å². The van der Waals surface area contributed by atoms with Gasteiger partial charge in [-0.2, -0.15) is 0 Å². The van der Waals surface area contributed by atoms with Gasteiger partial charge in [0.05, 0.1) is 0 Å². The van der Waals surface area contributed by atoms with Gasteiger partial charge in [-0.3, -0.25) is 4.90 Å². The fraction of sp³-hybridized carbons (Fsp3) is 0.667. The van der Waals surface area contributed by atoms with Gasteiger partial charge in [0.2, 0.25) is 0 Å². The minimum absolute atomic E-state index is 0.406. The van der Waals surface area contributed by atoms with E-state index in [2.05, 4.69) is 42.0 Å². The van der Waals surface area contributed by atoms with E-state index in [-0.39, 0.29) is 0 Å². The molecule has 116 valence electrons. The predicted octanol–water partition coefficient (Wildman–Crippen LogP) is 2.63. The van der Waals surface area contributed by atoms with E-state index < -0.39 is 0 Å². The van der Waals surface area contributed by atoms with Gasteiger partial charge in [-0.05, 0) is 48.9 Å². The zero-order valence-corrected chi connectivity index (χ0v) is 13.5. The molecule has 2 aliphatic rings. The van der Waals surface area contributed by atoms with E-state index in [0.29, 0.717) is 12.0 Å². The number of nitrogens with two attached hydrogens (primary N) is 1. The van der Waals surface area contributed by atoms with Crippen LogP contribution in [0.3, 0.4) is 0 Å². The fourth-order valence-electron chi connectivity index (χ4n) is 3.90. The number of fused-ring (bicyclic) bond motifs is 1. The van der Waals surface area contributed by atoms with Crippen molar-refractivity contribution in [3.8, 4) is 0 Å². The van der Waals surface area contributed by atoms with Crippen molar-refractivity contribution in [2.75, 3.05) is 31.6 Å². The Balaban J connectivity index is 1.68. The topological polar surface area (TPSA) is 32.5 Å². The number of anilines is 1. The summed E-state index contributed by atoms with van der Waals surface area (Å²) in [5.41, 5.74) is 10.6. The molecule has 1 aromatic rings. The normalized spacial score (nSPS) is 26.7. The van der Waals surface area contributed by atoms with Crippen molar-refractivity contribution in [2.24, 2.45) is 11.7 Å². The number of piperidine rings is 1. The molecule has 0 saturated carbocycles. The average Bonchev–Trinajstić information content (AvgIpc) is 2.49. The first-order chi connectivity index (χ1) is 10.2. The van der Waals surface area contributed by atoms with E-state index >= 15 is 0 Å². The van der Waals surface area contributed by atoms with Crippen molar-refractivity contribution in [3.05, 3.63) is 29.3 Å². The predicted molar refractivity (Wildman–Crippen MR) is 89.7 cm³/mol. The summed E-state index contributed by atoms with van der Waals surface area (Å²) in [7, 11) is 2.20. The van der Waals surface area contributed by atoms with Crippen molar-refractivity contribution >= 4 is 5.69 Å². The van der Waals surface area contributed by atoms with Crippen LogP contribution in [0.1, 0.15) is 37.3 Å². The number of aryl methyl sites for hydroxylation is 1. The van der Waals surface area contributed by atoms with Crippen LogP contribution in [-0.4, -0.2) is 37.6 Å².